The number of ether oxygens (including phenoxy) is 1. The van der Waals surface area contributed by atoms with Crippen LogP contribution in [0, 0.1) is 11.8 Å². The second kappa shape index (κ2) is 11.7. The summed E-state index contributed by atoms with van der Waals surface area (Å²) in [6, 6.07) is 0. The number of hydrogen-bond donors (Lipinski definition) is 2. The Bertz CT molecular complexity index is 299. The van der Waals surface area contributed by atoms with Gasteiger partial charge >= 0.3 is 0 Å². The Morgan fingerprint density at radius 2 is 1.86 bits per heavy atom. The maximum Gasteiger partial charge on any atom is 0.191 e. The highest BCUT2D eigenvalue weighted by Crippen LogP contribution is 2.18. The Hall–Kier alpha value is -0.810. The van der Waals surface area contributed by atoms with Gasteiger partial charge in [0.2, 0.25) is 0 Å². The molecule has 1 fully saturated rings. The summed E-state index contributed by atoms with van der Waals surface area (Å²) in [5, 5.41) is 6.71. The molecule has 0 aromatic carbocycles. The SMILES string of the molecule is CN=C(NCCOCCC(C)C)NCCC1CCN(C)CC1. The molecule has 1 heterocycles. The lowest BCUT2D eigenvalue weighted by Gasteiger charge is -2.29. The molecule has 0 radical (unpaired) electrons. The highest BCUT2D eigenvalue weighted by molar-refractivity contribution is 5.79. The van der Waals surface area contributed by atoms with Crippen LogP contribution in [0.15, 0.2) is 4.99 Å². The number of hydrogen-bond acceptors (Lipinski definition) is 3. The van der Waals surface area contributed by atoms with E-state index in [1.165, 1.54) is 32.4 Å². The third kappa shape index (κ3) is 9.26. The fraction of sp³-hybridized carbons (Fsp3) is 0.941. The van der Waals surface area contributed by atoms with E-state index in [0.717, 1.165) is 44.6 Å². The van der Waals surface area contributed by atoms with Crippen LogP contribution in [0.2, 0.25) is 0 Å². The van der Waals surface area contributed by atoms with Crippen LogP contribution in [0.5, 0.6) is 0 Å². The van der Waals surface area contributed by atoms with Crippen molar-refractivity contribution in [2.75, 3.05) is 53.5 Å². The van der Waals surface area contributed by atoms with Crippen LogP contribution in [-0.4, -0.2) is 64.3 Å². The van der Waals surface area contributed by atoms with Crippen LogP contribution in [0.4, 0.5) is 0 Å². The second-order valence-electron chi connectivity index (χ2n) is 6.76. The van der Waals surface area contributed by atoms with E-state index in [1.807, 2.05) is 7.05 Å². The van der Waals surface area contributed by atoms with Crippen LogP contribution in [0.25, 0.3) is 0 Å². The van der Waals surface area contributed by atoms with Gasteiger partial charge in [-0.1, -0.05) is 13.8 Å². The maximum absolute atomic E-state index is 5.60. The molecule has 130 valence electrons. The van der Waals surface area contributed by atoms with Crippen molar-refractivity contribution in [3.8, 4) is 0 Å². The van der Waals surface area contributed by atoms with Gasteiger partial charge in [0.25, 0.3) is 0 Å². The van der Waals surface area contributed by atoms with Gasteiger partial charge in [0.05, 0.1) is 6.61 Å². The summed E-state index contributed by atoms with van der Waals surface area (Å²) in [5.41, 5.74) is 0. The second-order valence-corrected chi connectivity index (χ2v) is 6.76. The molecule has 0 atom stereocenters. The standard InChI is InChI=1S/C17H36N4O/c1-15(2)8-13-22-14-10-20-17(18-3)19-9-5-16-6-11-21(4)12-7-16/h15-16H,5-14H2,1-4H3,(H2,18,19,20). The summed E-state index contributed by atoms with van der Waals surface area (Å²) >= 11 is 0. The number of nitrogens with one attached hydrogen (secondary N) is 2. The van der Waals surface area contributed by atoms with E-state index in [9.17, 15) is 0 Å². The van der Waals surface area contributed by atoms with E-state index in [-0.39, 0.29) is 0 Å². The smallest absolute Gasteiger partial charge is 0.191 e. The molecule has 1 aliphatic heterocycles. The van der Waals surface area contributed by atoms with Crippen molar-refractivity contribution in [3.05, 3.63) is 0 Å². The predicted octanol–water partition coefficient (Wildman–Crippen LogP) is 1.95. The Balaban J connectivity index is 2.00. The maximum atomic E-state index is 5.60. The van der Waals surface area contributed by atoms with E-state index in [1.54, 1.807) is 0 Å². The molecule has 1 aliphatic rings. The molecule has 0 aromatic heterocycles. The molecular weight excluding hydrogens is 276 g/mol. The molecule has 5 heteroatoms. The summed E-state index contributed by atoms with van der Waals surface area (Å²) in [5.74, 6) is 2.46. The van der Waals surface area contributed by atoms with Gasteiger partial charge < -0.3 is 20.3 Å². The van der Waals surface area contributed by atoms with Crippen molar-refractivity contribution in [2.45, 2.75) is 39.5 Å². The predicted molar refractivity (Wildman–Crippen MR) is 94.5 cm³/mol. The van der Waals surface area contributed by atoms with E-state index < -0.39 is 0 Å². The van der Waals surface area contributed by atoms with Crippen molar-refractivity contribution in [1.82, 2.24) is 15.5 Å². The van der Waals surface area contributed by atoms with Gasteiger partial charge in [-0.25, -0.2) is 0 Å². The first-order chi connectivity index (χ1) is 10.6. The van der Waals surface area contributed by atoms with Gasteiger partial charge in [-0.15, -0.1) is 0 Å². The number of nitrogens with zero attached hydrogens (tertiary/aromatic N) is 2. The van der Waals surface area contributed by atoms with E-state index in [0.29, 0.717) is 5.92 Å². The Morgan fingerprint density at radius 3 is 2.50 bits per heavy atom. The zero-order valence-electron chi connectivity index (χ0n) is 15.0. The zero-order valence-corrected chi connectivity index (χ0v) is 15.0. The lowest BCUT2D eigenvalue weighted by molar-refractivity contribution is 0.128. The number of guanidine groups is 1. The normalized spacial score (nSPS) is 18.0. The minimum atomic E-state index is 0.710. The number of rotatable bonds is 9. The summed E-state index contributed by atoms with van der Waals surface area (Å²) in [6.07, 6.45) is 5.02. The lowest BCUT2D eigenvalue weighted by atomic mass is 9.94. The van der Waals surface area contributed by atoms with Crippen molar-refractivity contribution < 1.29 is 4.74 Å². The van der Waals surface area contributed by atoms with Gasteiger partial charge in [0.1, 0.15) is 0 Å². The third-order valence-electron chi connectivity index (χ3n) is 4.29. The monoisotopic (exact) mass is 312 g/mol. The van der Waals surface area contributed by atoms with Crippen molar-refractivity contribution in [1.29, 1.82) is 0 Å². The molecule has 22 heavy (non-hydrogen) atoms. The van der Waals surface area contributed by atoms with Crippen LogP contribution in [0.3, 0.4) is 0 Å². The highest BCUT2D eigenvalue weighted by atomic mass is 16.5. The van der Waals surface area contributed by atoms with Crippen LogP contribution < -0.4 is 10.6 Å². The molecular formula is C17H36N4O. The molecule has 0 aromatic rings. The topological polar surface area (TPSA) is 48.9 Å². The van der Waals surface area contributed by atoms with Crippen molar-refractivity contribution in [2.24, 2.45) is 16.8 Å². The van der Waals surface area contributed by atoms with Gasteiger partial charge in [-0.05, 0) is 57.7 Å². The molecule has 1 saturated heterocycles. The number of piperidine rings is 1. The summed E-state index contributed by atoms with van der Waals surface area (Å²) in [4.78, 5) is 6.68. The molecule has 0 unspecified atom stereocenters. The van der Waals surface area contributed by atoms with Gasteiger partial charge in [-0.3, -0.25) is 4.99 Å². The molecule has 1 rings (SSSR count). The highest BCUT2D eigenvalue weighted by Gasteiger charge is 2.16. The van der Waals surface area contributed by atoms with Crippen LogP contribution in [-0.2, 0) is 4.74 Å². The fourth-order valence-electron chi connectivity index (χ4n) is 2.63. The number of aliphatic imine (C=N–C) groups is 1. The minimum Gasteiger partial charge on any atom is -0.380 e. The molecule has 0 saturated carbocycles. The van der Waals surface area contributed by atoms with Crippen LogP contribution >= 0.6 is 0 Å². The van der Waals surface area contributed by atoms with Gasteiger partial charge in [0.15, 0.2) is 5.96 Å². The van der Waals surface area contributed by atoms with E-state index >= 15 is 0 Å². The molecule has 5 nitrogen and oxygen atoms in total. The quantitative estimate of drug-likeness (QED) is 0.388. The summed E-state index contributed by atoms with van der Waals surface area (Å²) in [6.45, 7) is 10.3. The fourth-order valence-corrected chi connectivity index (χ4v) is 2.63. The Kier molecular flexibility index (Phi) is 10.2. The van der Waals surface area contributed by atoms with Gasteiger partial charge in [0, 0.05) is 26.7 Å². The molecule has 0 aliphatic carbocycles. The van der Waals surface area contributed by atoms with Crippen molar-refractivity contribution in [3.63, 3.8) is 0 Å². The lowest BCUT2D eigenvalue weighted by Crippen LogP contribution is -2.40. The van der Waals surface area contributed by atoms with Gasteiger partial charge in [-0.2, -0.15) is 0 Å². The van der Waals surface area contributed by atoms with Crippen LogP contribution in [0.1, 0.15) is 39.5 Å². The summed E-state index contributed by atoms with van der Waals surface area (Å²) in [7, 11) is 4.04. The third-order valence-corrected chi connectivity index (χ3v) is 4.29. The molecule has 0 bridgehead atoms. The molecule has 2 N–H and O–H groups in total. The molecule has 0 spiro atoms. The van der Waals surface area contributed by atoms with Crippen molar-refractivity contribution >= 4 is 5.96 Å². The summed E-state index contributed by atoms with van der Waals surface area (Å²) < 4.78 is 5.60. The number of likely N-dealkylation sites (tertiary alicyclic amines) is 1. The average Bonchev–Trinajstić information content (AvgIpc) is 2.50. The van der Waals surface area contributed by atoms with E-state index in [2.05, 4.69) is 41.4 Å². The zero-order chi connectivity index (χ0) is 16.2. The largest absolute Gasteiger partial charge is 0.380 e. The first kappa shape index (κ1) is 19.2. The minimum absolute atomic E-state index is 0.710. The van der Waals surface area contributed by atoms with E-state index in [4.69, 9.17) is 4.74 Å². The average molecular weight is 313 g/mol. The Labute approximate surface area is 136 Å². The molecule has 0 amide bonds. The first-order valence-corrected chi connectivity index (χ1v) is 8.82. The first-order valence-electron chi connectivity index (χ1n) is 8.82. The Morgan fingerprint density at radius 1 is 1.18 bits per heavy atom.